The van der Waals surface area contributed by atoms with E-state index in [1.165, 1.54) is 25.2 Å². The smallest absolute Gasteiger partial charge is 0.300 e. The van der Waals surface area contributed by atoms with Gasteiger partial charge in [-0.2, -0.15) is 0 Å². The Balaban J connectivity index is 2.00. The van der Waals surface area contributed by atoms with E-state index in [9.17, 15) is 14.7 Å². The molecule has 1 N–H and O–H groups in total. The number of methoxy groups -OCH3 is 2. The second-order valence-corrected chi connectivity index (χ2v) is 8.07. The van der Waals surface area contributed by atoms with Gasteiger partial charge in [-0.3, -0.25) is 14.5 Å². The first-order chi connectivity index (χ1) is 15.8. The topological polar surface area (TPSA) is 76.1 Å². The molecule has 0 aliphatic carbocycles. The van der Waals surface area contributed by atoms with Crippen molar-refractivity contribution >= 4 is 34.7 Å². The number of ether oxygens (including phenoxy) is 2. The van der Waals surface area contributed by atoms with E-state index in [0.717, 1.165) is 5.56 Å². The Labute approximate surface area is 196 Å². The second kappa shape index (κ2) is 9.00. The number of nitrogens with zero attached hydrogens (tertiary/aromatic N) is 1. The Hall–Kier alpha value is -3.77. The van der Waals surface area contributed by atoms with Crippen LogP contribution in [0.5, 0.6) is 11.5 Å². The van der Waals surface area contributed by atoms with Gasteiger partial charge in [-0.15, -0.1) is 0 Å². The molecule has 6 nitrogen and oxygen atoms in total. The van der Waals surface area contributed by atoms with Crippen LogP contribution in [0.2, 0.25) is 5.02 Å². The van der Waals surface area contributed by atoms with Crippen LogP contribution in [-0.4, -0.2) is 31.0 Å². The van der Waals surface area contributed by atoms with Gasteiger partial charge in [-0.05, 0) is 60.5 Å². The van der Waals surface area contributed by atoms with Crippen molar-refractivity contribution in [3.63, 3.8) is 0 Å². The van der Waals surface area contributed by atoms with Crippen LogP contribution in [0.3, 0.4) is 0 Å². The molecule has 0 spiro atoms. The molecule has 1 aliphatic heterocycles. The lowest BCUT2D eigenvalue weighted by Gasteiger charge is -2.26. The fourth-order valence-electron chi connectivity index (χ4n) is 4.01. The van der Waals surface area contributed by atoms with Gasteiger partial charge in [0, 0.05) is 10.7 Å². The number of hydrogen-bond acceptors (Lipinski definition) is 5. The molecule has 0 radical (unpaired) electrons. The quantitative estimate of drug-likeness (QED) is 0.316. The van der Waals surface area contributed by atoms with E-state index < -0.39 is 17.7 Å². The highest BCUT2D eigenvalue weighted by atomic mass is 35.5. The molecule has 1 saturated heterocycles. The van der Waals surface area contributed by atoms with Gasteiger partial charge in [-0.25, -0.2) is 0 Å². The van der Waals surface area contributed by atoms with Gasteiger partial charge in [0.1, 0.15) is 17.3 Å². The van der Waals surface area contributed by atoms with Crippen molar-refractivity contribution in [2.24, 2.45) is 0 Å². The number of hydrogen-bond donors (Lipinski definition) is 1. The zero-order valence-electron chi connectivity index (χ0n) is 18.3. The van der Waals surface area contributed by atoms with Crippen molar-refractivity contribution in [2.45, 2.75) is 13.0 Å². The largest absolute Gasteiger partial charge is 0.507 e. The summed E-state index contributed by atoms with van der Waals surface area (Å²) in [5.74, 6) is -1.03. The summed E-state index contributed by atoms with van der Waals surface area (Å²) in [5, 5.41) is 11.7. The summed E-state index contributed by atoms with van der Waals surface area (Å²) >= 11 is 6.16. The number of aryl methyl sites for hydroxylation is 1. The molecular formula is C26H22ClNO5. The number of carbonyl (C=O) groups excluding carboxylic acids is 2. The highest BCUT2D eigenvalue weighted by Crippen LogP contribution is 2.44. The Morgan fingerprint density at radius 1 is 0.970 bits per heavy atom. The summed E-state index contributed by atoms with van der Waals surface area (Å²) in [5.41, 5.74) is 2.24. The summed E-state index contributed by atoms with van der Waals surface area (Å²) < 4.78 is 10.7. The number of aliphatic hydroxyl groups excluding tert-OH is 1. The number of rotatable bonds is 5. The predicted molar refractivity (Wildman–Crippen MR) is 127 cm³/mol. The fraction of sp³-hybridized carbons (Fsp3) is 0.154. The molecule has 1 amide bonds. The molecule has 1 atom stereocenters. The van der Waals surface area contributed by atoms with Crippen LogP contribution in [0, 0.1) is 6.92 Å². The summed E-state index contributed by atoms with van der Waals surface area (Å²) in [6, 6.07) is 18.2. The van der Waals surface area contributed by atoms with Gasteiger partial charge < -0.3 is 14.6 Å². The van der Waals surface area contributed by atoms with Crippen LogP contribution in [0.1, 0.15) is 22.7 Å². The monoisotopic (exact) mass is 463 g/mol. The zero-order chi connectivity index (χ0) is 23.7. The van der Waals surface area contributed by atoms with Gasteiger partial charge in [0.05, 0.1) is 31.4 Å². The van der Waals surface area contributed by atoms with Gasteiger partial charge in [-0.1, -0.05) is 35.9 Å². The number of benzene rings is 3. The second-order valence-electron chi connectivity index (χ2n) is 7.63. The van der Waals surface area contributed by atoms with E-state index in [2.05, 4.69) is 0 Å². The van der Waals surface area contributed by atoms with E-state index in [1.54, 1.807) is 42.5 Å². The number of carbonyl (C=O) groups is 2. The molecule has 4 rings (SSSR count). The third-order valence-electron chi connectivity index (χ3n) is 5.55. The molecule has 7 heteroatoms. The van der Waals surface area contributed by atoms with Gasteiger partial charge in [0.25, 0.3) is 11.7 Å². The van der Waals surface area contributed by atoms with Crippen LogP contribution in [-0.2, 0) is 9.59 Å². The molecule has 3 aromatic carbocycles. The average molecular weight is 464 g/mol. The Morgan fingerprint density at radius 2 is 1.73 bits per heavy atom. The number of ketones is 1. The highest BCUT2D eigenvalue weighted by molar-refractivity contribution is 6.51. The normalized spacial score (nSPS) is 17.3. The van der Waals surface area contributed by atoms with Gasteiger partial charge >= 0.3 is 0 Å². The number of aliphatic hydroxyl groups is 1. The van der Waals surface area contributed by atoms with Crippen LogP contribution in [0.4, 0.5) is 5.69 Å². The fourth-order valence-corrected chi connectivity index (χ4v) is 4.19. The Bertz CT molecular complexity index is 1280. The summed E-state index contributed by atoms with van der Waals surface area (Å²) in [6.07, 6.45) is 0. The third-order valence-corrected chi connectivity index (χ3v) is 5.79. The molecular weight excluding hydrogens is 442 g/mol. The third kappa shape index (κ3) is 4.05. The number of halogens is 1. The predicted octanol–water partition coefficient (Wildman–Crippen LogP) is 5.29. The molecule has 0 saturated carbocycles. The van der Waals surface area contributed by atoms with Crippen molar-refractivity contribution < 1.29 is 24.2 Å². The maximum absolute atomic E-state index is 13.3. The Kier molecular flexibility index (Phi) is 6.11. The molecule has 168 valence electrons. The molecule has 1 heterocycles. The lowest BCUT2D eigenvalue weighted by molar-refractivity contribution is -0.132. The number of amides is 1. The van der Waals surface area contributed by atoms with Crippen molar-refractivity contribution in [1.82, 2.24) is 0 Å². The number of Topliss-reactive ketones (excluding diaryl/α,β-unsaturated/α-hetero) is 1. The molecule has 1 aliphatic rings. The van der Waals surface area contributed by atoms with Crippen molar-refractivity contribution in [2.75, 3.05) is 19.1 Å². The van der Waals surface area contributed by atoms with E-state index >= 15 is 0 Å². The first-order valence-electron chi connectivity index (χ1n) is 10.2. The SMILES string of the molecule is COc1cccc(C2/C(=C(\O)c3cc(Cl)ccc3OC)C(=O)C(=O)N2c2cccc(C)c2)c1. The molecule has 33 heavy (non-hydrogen) atoms. The average Bonchev–Trinajstić information content (AvgIpc) is 3.09. The summed E-state index contributed by atoms with van der Waals surface area (Å²) in [4.78, 5) is 28.0. The van der Waals surface area contributed by atoms with Crippen molar-refractivity contribution in [3.05, 3.63) is 94.0 Å². The maximum Gasteiger partial charge on any atom is 0.300 e. The van der Waals surface area contributed by atoms with Crippen molar-refractivity contribution in [1.29, 1.82) is 0 Å². The molecule has 1 unspecified atom stereocenters. The number of anilines is 1. The molecule has 3 aromatic rings. The minimum atomic E-state index is -0.884. The Morgan fingerprint density at radius 3 is 2.42 bits per heavy atom. The van der Waals surface area contributed by atoms with Crippen LogP contribution < -0.4 is 14.4 Å². The lowest BCUT2D eigenvalue weighted by Crippen LogP contribution is -2.29. The summed E-state index contributed by atoms with van der Waals surface area (Å²) in [7, 11) is 2.98. The first kappa shape index (κ1) is 22.4. The zero-order valence-corrected chi connectivity index (χ0v) is 19.1. The van der Waals surface area contributed by atoms with E-state index in [4.69, 9.17) is 21.1 Å². The minimum absolute atomic E-state index is 0.0599. The van der Waals surface area contributed by atoms with Crippen molar-refractivity contribution in [3.8, 4) is 11.5 Å². The molecule has 0 bridgehead atoms. The van der Waals surface area contributed by atoms with Crippen LogP contribution in [0.15, 0.2) is 72.3 Å². The molecule has 0 aromatic heterocycles. The minimum Gasteiger partial charge on any atom is -0.507 e. The van der Waals surface area contributed by atoms with Gasteiger partial charge in [0.15, 0.2) is 0 Å². The van der Waals surface area contributed by atoms with E-state index in [1.807, 2.05) is 25.1 Å². The standard InChI is InChI=1S/C26H22ClNO5/c1-15-6-4-8-18(12-15)28-23(16-7-5-9-19(13-16)32-2)22(25(30)26(28)31)24(29)20-14-17(27)10-11-21(20)33-3/h4-14,23,29H,1-3H3/b24-22+. The van der Waals surface area contributed by atoms with Gasteiger partial charge in [0.2, 0.25) is 0 Å². The van der Waals surface area contributed by atoms with Crippen LogP contribution >= 0.6 is 11.6 Å². The first-order valence-corrected chi connectivity index (χ1v) is 10.6. The molecule has 1 fully saturated rings. The maximum atomic E-state index is 13.3. The highest BCUT2D eigenvalue weighted by Gasteiger charge is 2.47. The summed E-state index contributed by atoms with van der Waals surface area (Å²) in [6.45, 7) is 1.90. The van der Waals surface area contributed by atoms with Crippen LogP contribution in [0.25, 0.3) is 5.76 Å². The lowest BCUT2D eigenvalue weighted by atomic mass is 9.94. The van der Waals surface area contributed by atoms with E-state index in [0.29, 0.717) is 27.8 Å². The van der Waals surface area contributed by atoms with E-state index in [-0.39, 0.29) is 16.9 Å².